The maximum absolute atomic E-state index is 9.96. The molecule has 0 aromatic rings. The summed E-state index contributed by atoms with van der Waals surface area (Å²) in [4.78, 5) is 9.96. The van der Waals surface area contributed by atoms with Gasteiger partial charge in [0.15, 0.2) is 0 Å². The van der Waals surface area contributed by atoms with Gasteiger partial charge in [0.1, 0.15) is 12.9 Å². The molecule has 4 heteroatoms. The van der Waals surface area contributed by atoms with Crippen LogP contribution in [-0.4, -0.2) is 45.8 Å². The molecule has 0 bridgehead atoms. The molecule has 0 aromatic carbocycles. The van der Waals surface area contributed by atoms with Gasteiger partial charge in [0.2, 0.25) is 0 Å². The molecule has 1 saturated heterocycles. The van der Waals surface area contributed by atoms with E-state index in [0.717, 1.165) is 19.4 Å². The highest BCUT2D eigenvalue weighted by molar-refractivity contribution is 5.50. The molecule has 1 aliphatic heterocycles. The first-order valence-corrected chi connectivity index (χ1v) is 4.13. The molecule has 1 fully saturated rings. The van der Waals surface area contributed by atoms with Crippen molar-refractivity contribution in [3.63, 3.8) is 0 Å². The molecule has 1 N–H and O–H groups in total. The first-order valence-electron chi connectivity index (χ1n) is 4.13. The molecule has 0 saturated carbocycles. The molecule has 0 aliphatic carbocycles. The molecule has 1 rings (SSSR count). The summed E-state index contributed by atoms with van der Waals surface area (Å²) in [7, 11) is 1.70. The van der Waals surface area contributed by atoms with Crippen molar-refractivity contribution in [1.82, 2.24) is 5.32 Å². The van der Waals surface area contributed by atoms with E-state index in [1.54, 1.807) is 7.11 Å². The van der Waals surface area contributed by atoms with E-state index in [4.69, 9.17) is 9.47 Å². The van der Waals surface area contributed by atoms with Crippen LogP contribution in [-0.2, 0) is 14.3 Å². The highest BCUT2D eigenvalue weighted by Gasteiger charge is 2.26. The van der Waals surface area contributed by atoms with Gasteiger partial charge in [-0.1, -0.05) is 0 Å². The first kappa shape index (κ1) is 9.64. The maximum Gasteiger partial charge on any atom is 0.145 e. The van der Waals surface area contributed by atoms with Crippen LogP contribution in [0.25, 0.3) is 0 Å². The van der Waals surface area contributed by atoms with Crippen molar-refractivity contribution < 1.29 is 14.3 Å². The third kappa shape index (κ3) is 2.55. The van der Waals surface area contributed by atoms with E-state index in [0.29, 0.717) is 12.5 Å². The summed E-state index contributed by atoms with van der Waals surface area (Å²) in [5.41, 5.74) is 0. The summed E-state index contributed by atoms with van der Waals surface area (Å²) < 4.78 is 10.3. The largest absolute Gasteiger partial charge is 0.380 e. The molecule has 70 valence electrons. The van der Waals surface area contributed by atoms with Crippen LogP contribution >= 0.6 is 0 Å². The van der Waals surface area contributed by atoms with Crippen LogP contribution in [0.4, 0.5) is 0 Å². The van der Waals surface area contributed by atoms with Gasteiger partial charge in [-0.15, -0.1) is 0 Å². The Kier molecular flexibility index (Phi) is 4.21. The number of rotatable bonds is 5. The second-order valence-corrected chi connectivity index (χ2v) is 2.90. The number of ether oxygens (including phenoxy) is 2. The summed E-state index contributed by atoms with van der Waals surface area (Å²) in [6.07, 6.45) is 1.00. The van der Waals surface area contributed by atoms with Crippen molar-refractivity contribution in [2.24, 2.45) is 5.92 Å². The number of hydrogen-bond acceptors (Lipinski definition) is 4. The topological polar surface area (TPSA) is 47.6 Å². The Morgan fingerprint density at radius 2 is 2.42 bits per heavy atom. The van der Waals surface area contributed by atoms with Crippen LogP contribution in [0, 0.1) is 5.92 Å². The van der Waals surface area contributed by atoms with Gasteiger partial charge >= 0.3 is 0 Å². The number of hydrogen-bond donors (Lipinski definition) is 1. The van der Waals surface area contributed by atoms with Crippen LogP contribution in [0.2, 0.25) is 0 Å². The van der Waals surface area contributed by atoms with Crippen LogP contribution in [0.15, 0.2) is 0 Å². The number of carbonyl (C=O) groups is 1. The summed E-state index contributed by atoms with van der Waals surface area (Å²) >= 11 is 0. The third-order valence-electron chi connectivity index (χ3n) is 2.10. The predicted octanol–water partition coefficient (Wildman–Crippen LogP) is -0.564. The Bertz CT molecular complexity index is 140. The van der Waals surface area contributed by atoms with E-state index in [9.17, 15) is 4.79 Å². The minimum absolute atomic E-state index is 0.187. The average Bonchev–Trinajstić information content (AvgIpc) is 2.52. The van der Waals surface area contributed by atoms with Crippen molar-refractivity contribution in [1.29, 1.82) is 0 Å². The summed E-state index contributed by atoms with van der Waals surface area (Å²) in [5, 5.41) is 3.21. The van der Waals surface area contributed by atoms with E-state index in [1.807, 2.05) is 0 Å². The van der Waals surface area contributed by atoms with Crippen LogP contribution < -0.4 is 5.32 Å². The summed E-state index contributed by atoms with van der Waals surface area (Å²) in [6, 6.07) is 0. The van der Waals surface area contributed by atoms with Crippen LogP contribution in [0.5, 0.6) is 0 Å². The van der Waals surface area contributed by atoms with Crippen molar-refractivity contribution in [2.45, 2.75) is 6.10 Å². The Hall–Kier alpha value is -0.450. The molecule has 0 radical (unpaired) electrons. The zero-order chi connectivity index (χ0) is 8.81. The average molecular weight is 173 g/mol. The van der Waals surface area contributed by atoms with Gasteiger partial charge in [0, 0.05) is 26.1 Å². The molecule has 2 atom stereocenters. The summed E-state index contributed by atoms with van der Waals surface area (Å²) in [6.45, 7) is 2.58. The van der Waals surface area contributed by atoms with Gasteiger partial charge in [-0.3, -0.25) is 0 Å². The normalized spacial score (nSPS) is 29.1. The number of methoxy groups -OCH3 is 1. The zero-order valence-corrected chi connectivity index (χ0v) is 7.29. The van der Waals surface area contributed by atoms with Gasteiger partial charge in [0.05, 0.1) is 12.7 Å². The van der Waals surface area contributed by atoms with Crippen LogP contribution in [0.1, 0.15) is 0 Å². The Balaban J connectivity index is 2.16. The van der Waals surface area contributed by atoms with E-state index in [1.165, 1.54) is 0 Å². The van der Waals surface area contributed by atoms with Gasteiger partial charge in [0.25, 0.3) is 0 Å². The number of carbonyl (C=O) groups excluding carboxylic acids is 1. The molecule has 1 heterocycles. The van der Waals surface area contributed by atoms with E-state index in [2.05, 4.69) is 5.32 Å². The monoisotopic (exact) mass is 173 g/mol. The number of nitrogens with one attached hydrogen (secondary N) is 1. The Morgan fingerprint density at radius 1 is 1.58 bits per heavy atom. The van der Waals surface area contributed by atoms with Gasteiger partial charge in [-0.05, 0) is 0 Å². The van der Waals surface area contributed by atoms with E-state index in [-0.39, 0.29) is 12.7 Å². The van der Waals surface area contributed by atoms with E-state index < -0.39 is 0 Å². The highest BCUT2D eigenvalue weighted by Crippen LogP contribution is 2.11. The molecule has 0 aromatic heterocycles. The van der Waals surface area contributed by atoms with Crippen molar-refractivity contribution >= 4 is 6.29 Å². The second kappa shape index (κ2) is 5.24. The Morgan fingerprint density at radius 3 is 3.08 bits per heavy atom. The lowest BCUT2D eigenvalue weighted by Gasteiger charge is -2.15. The fourth-order valence-corrected chi connectivity index (χ4v) is 1.42. The quantitative estimate of drug-likeness (QED) is 0.447. The molecule has 1 aliphatic rings. The fraction of sp³-hybridized carbons (Fsp3) is 0.875. The standard InChI is InChI=1S/C8H15NO3/c1-11-8-5-9-4-7(8)6-12-3-2-10/h2,7-9H,3-6H2,1H3. The van der Waals surface area contributed by atoms with Gasteiger partial charge in [-0.2, -0.15) is 0 Å². The minimum Gasteiger partial charge on any atom is -0.380 e. The maximum atomic E-state index is 9.96. The number of aldehydes is 1. The molecule has 0 spiro atoms. The van der Waals surface area contributed by atoms with Gasteiger partial charge < -0.3 is 19.6 Å². The SMILES string of the molecule is COC1CNCC1COCC=O. The minimum atomic E-state index is 0.187. The Labute approximate surface area is 72.2 Å². The molecular formula is C8H15NO3. The molecule has 2 unspecified atom stereocenters. The van der Waals surface area contributed by atoms with Gasteiger partial charge in [-0.25, -0.2) is 0 Å². The van der Waals surface area contributed by atoms with E-state index >= 15 is 0 Å². The zero-order valence-electron chi connectivity index (χ0n) is 7.29. The molecular weight excluding hydrogens is 158 g/mol. The highest BCUT2D eigenvalue weighted by atomic mass is 16.5. The molecule has 0 amide bonds. The fourth-order valence-electron chi connectivity index (χ4n) is 1.42. The molecule has 12 heavy (non-hydrogen) atoms. The van der Waals surface area contributed by atoms with Crippen molar-refractivity contribution in [3.8, 4) is 0 Å². The lowest BCUT2D eigenvalue weighted by Crippen LogP contribution is -2.25. The van der Waals surface area contributed by atoms with Crippen LogP contribution in [0.3, 0.4) is 0 Å². The predicted molar refractivity (Wildman–Crippen MR) is 44.0 cm³/mol. The first-order chi connectivity index (χ1) is 5.88. The lowest BCUT2D eigenvalue weighted by atomic mass is 10.1. The lowest BCUT2D eigenvalue weighted by molar-refractivity contribution is -0.112. The third-order valence-corrected chi connectivity index (χ3v) is 2.10. The smallest absolute Gasteiger partial charge is 0.145 e. The second-order valence-electron chi connectivity index (χ2n) is 2.90. The molecule has 4 nitrogen and oxygen atoms in total. The van der Waals surface area contributed by atoms with Crippen molar-refractivity contribution in [3.05, 3.63) is 0 Å². The van der Waals surface area contributed by atoms with Crippen molar-refractivity contribution in [2.75, 3.05) is 33.4 Å². The summed E-state index contributed by atoms with van der Waals surface area (Å²) in [5.74, 6) is 0.384.